The maximum Gasteiger partial charge on any atom is 0.233 e. The van der Waals surface area contributed by atoms with Crippen LogP contribution in [0, 0.1) is 5.92 Å². The van der Waals surface area contributed by atoms with Crippen LogP contribution in [0.2, 0.25) is 5.02 Å². The largest absolute Gasteiger partial charge is 0.497 e. The van der Waals surface area contributed by atoms with E-state index in [4.69, 9.17) is 33.3 Å². The number of halogens is 1. The number of amides is 1. The standard InChI is InChI=1S/C21H22ClN3O3S/c1-21-17(19(26)24(2)3)18(15-11-12(22)5-10-16(15)28-21)23-20(29)25(21)13-6-8-14(27-4)9-7-13/h5-11,17-18H,1-4H3,(H,23,29)/t17-,18+,21+/m1/s1. The van der Waals surface area contributed by atoms with Gasteiger partial charge in [0.15, 0.2) is 10.8 Å². The predicted octanol–water partition coefficient (Wildman–Crippen LogP) is 3.60. The molecular formula is C21H22ClN3O3S. The number of benzene rings is 2. The van der Waals surface area contributed by atoms with Gasteiger partial charge in [0.25, 0.3) is 0 Å². The van der Waals surface area contributed by atoms with E-state index in [9.17, 15) is 4.79 Å². The first kappa shape index (κ1) is 19.8. The summed E-state index contributed by atoms with van der Waals surface area (Å²) in [6.07, 6.45) is 0. The van der Waals surface area contributed by atoms with Gasteiger partial charge in [0.2, 0.25) is 5.91 Å². The number of ether oxygens (including phenoxy) is 2. The molecule has 1 fully saturated rings. The molecule has 2 aromatic rings. The Balaban J connectivity index is 1.89. The van der Waals surface area contributed by atoms with E-state index in [1.807, 2.05) is 48.2 Å². The van der Waals surface area contributed by atoms with E-state index in [0.717, 1.165) is 17.0 Å². The number of thiocarbonyl (C=S) groups is 1. The number of fused-ring (bicyclic) bond motifs is 4. The molecule has 2 aromatic carbocycles. The van der Waals surface area contributed by atoms with Gasteiger partial charge in [0.1, 0.15) is 17.4 Å². The van der Waals surface area contributed by atoms with E-state index in [-0.39, 0.29) is 11.9 Å². The van der Waals surface area contributed by atoms with Gasteiger partial charge in [-0.25, -0.2) is 0 Å². The molecule has 4 rings (SSSR count). The molecule has 0 unspecified atom stereocenters. The highest BCUT2D eigenvalue weighted by Gasteiger charge is 2.59. The van der Waals surface area contributed by atoms with Crippen molar-refractivity contribution in [2.75, 3.05) is 26.1 Å². The second kappa shape index (κ2) is 7.07. The van der Waals surface area contributed by atoms with Crippen LogP contribution in [0.4, 0.5) is 5.69 Å². The van der Waals surface area contributed by atoms with Crippen molar-refractivity contribution in [1.29, 1.82) is 0 Å². The Morgan fingerprint density at radius 3 is 2.59 bits per heavy atom. The summed E-state index contributed by atoms with van der Waals surface area (Å²) in [5.41, 5.74) is 0.606. The summed E-state index contributed by atoms with van der Waals surface area (Å²) in [6.45, 7) is 1.90. The van der Waals surface area contributed by atoms with Crippen molar-refractivity contribution in [3.05, 3.63) is 53.1 Å². The topological polar surface area (TPSA) is 54.0 Å². The fourth-order valence-electron chi connectivity index (χ4n) is 4.13. The zero-order valence-corrected chi connectivity index (χ0v) is 18.2. The highest BCUT2D eigenvalue weighted by Crippen LogP contribution is 2.50. The van der Waals surface area contributed by atoms with Gasteiger partial charge >= 0.3 is 0 Å². The summed E-state index contributed by atoms with van der Waals surface area (Å²) in [5.74, 6) is 0.810. The SMILES string of the molecule is COc1ccc(N2C(=S)N[C@H]3c4cc(Cl)ccc4O[C@@]2(C)[C@H]3C(=O)N(C)C)cc1. The lowest BCUT2D eigenvalue weighted by Gasteiger charge is -2.56. The minimum absolute atomic E-state index is 0.0587. The molecule has 152 valence electrons. The molecule has 2 bridgehead atoms. The third-order valence-corrected chi connectivity index (χ3v) is 6.03. The van der Waals surface area contributed by atoms with Crippen molar-refractivity contribution < 1.29 is 14.3 Å². The van der Waals surface area contributed by atoms with E-state index in [0.29, 0.717) is 15.9 Å². The van der Waals surface area contributed by atoms with Crippen LogP contribution in [0.1, 0.15) is 18.5 Å². The van der Waals surface area contributed by atoms with Gasteiger partial charge < -0.3 is 19.7 Å². The number of rotatable bonds is 3. The minimum atomic E-state index is -1.02. The van der Waals surface area contributed by atoms with Crippen LogP contribution in [-0.4, -0.2) is 42.8 Å². The monoisotopic (exact) mass is 431 g/mol. The predicted molar refractivity (Wildman–Crippen MR) is 117 cm³/mol. The third-order valence-electron chi connectivity index (χ3n) is 5.50. The van der Waals surface area contributed by atoms with Crippen LogP contribution in [0.5, 0.6) is 11.5 Å². The van der Waals surface area contributed by atoms with E-state index < -0.39 is 11.6 Å². The molecule has 1 N–H and O–H groups in total. The van der Waals surface area contributed by atoms with Crippen LogP contribution < -0.4 is 19.7 Å². The van der Waals surface area contributed by atoms with Gasteiger partial charge in [-0.3, -0.25) is 9.69 Å². The summed E-state index contributed by atoms with van der Waals surface area (Å²) in [5, 5.41) is 4.42. The Hall–Kier alpha value is -2.51. The number of anilines is 1. The van der Waals surface area contributed by atoms with Gasteiger partial charge in [0.05, 0.1) is 13.2 Å². The molecule has 2 aliphatic rings. The molecule has 8 heteroatoms. The summed E-state index contributed by atoms with van der Waals surface area (Å²) < 4.78 is 11.8. The number of nitrogens with zero attached hydrogens (tertiary/aromatic N) is 2. The smallest absolute Gasteiger partial charge is 0.233 e. The van der Waals surface area contributed by atoms with Crippen molar-refractivity contribution in [2.45, 2.75) is 18.7 Å². The summed E-state index contributed by atoms with van der Waals surface area (Å²) in [6, 6.07) is 12.6. The molecule has 1 amide bonds. The molecule has 0 radical (unpaired) electrons. The van der Waals surface area contributed by atoms with Crippen LogP contribution >= 0.6 is 23.8 Å². The Kier molecular flexibility index (Phi) is 4.83. The van der Waals surface area contributed by atoms with Crippen LogP contribution in [0.25, 0.3) is 0 Å². The molecule has 0 aromatic heterocycles. The van der Waals surface area contributed by atoms with Gasteiger partial charge in [-0.05, 0) is 61.6 Å². The highest BCUT2D eigenvalue weighted by atomic mass is 35.5. The van der Waals surface area contributed by atoms with Crippen molar-refractivity contribution in [1.82, 2.24) is 10.2 Å². The Morgan fingerprint density at radius 1 is 1.28 bits per heavy atom. The van der Waals surface area contributed by atoms with Gasteiger partial charge in [-0.1, -0.05) is 11.6 Å². The summed E-state index contributed by atoms with van der Waals surface area (Å²) in [7, 11) is 5.10. The maximum atomic E-state index is 13.3. The lowest BCUT2D eigenvalue weighted by Crippen LogP contribution is -2.72. The first-order chi connectivity index (χ1) is 13.8. The van der Waals surface area contributed by atoms with Crippen LogP contribution in [-0.2, 0) is 4.79 Å². The zero-order chi connectivity index (χ0) is 20.9. The fraction of sp³-hybridized carbons (Fsp3) is 0.333. The van der Waals surface area contributed by atoms with E-state index in [1.165, 1.54) is 0 Å². The quantitative estimate of drug-likeness (QED) is 0.749. The fourth-order valence-corrected chi connectivity index (χ4v) is 4.72. The Bertz CT molecular complexity index is 982. The molecule has 0 saturated carbocycles. The first-order valence-corrected chi connectivity index (χ1v) is 9.99. The van der Waals surface area contributed by atoms with Gasteiger partial charge in [0, 0.05) is 30.4 Å². The number of nitrogens with one attached hydrogen (secondary N) is 1. The average molecular weight is 432 g/mol. The van der Waals surface area contributed by atoms with Gasteiger partial charge in [-0.2, -0.15) is 0 Å². The molecule has 1 saturated heterocycles. The minimum Gasteiger partial charge on any atom is -0.497 e. The molecule has 0 aliphatic carbocycles. The Labute approximate surface area is 180 Å². The summed E-state index contributed by atoms with van der Waals surface area (Å²) in [4.78, 5) is 16.7. The zero-order valence-electron chi connectivity index (χ0n) is 16.6. The van der Waals surface area contributed by atoms with Crippen molar-refractivity contribution in [3.63, 3.8) is 0 Å². The van der Waals surface area contributed by atoms with Gasteiger partial charge in [-0.15, -0.1) is 0 Å². The maximum absolute atomic E-state index is 13.3. The van der Waals surface area contributed by atoms with Crippen LogP contribution in [0.3, 0.4) is 0 Å². The molecule has 2 heterocycles. The second-order valence-corrected chi connectivity index (χ2v) is 8.33. The normalized spacial score (nSPS) is 24.9. The second-order valence-electron chi connectivity index (χ2n) is 7.51. The molecular weight excluding hydrogens is 410 g/mol. The Morgan fingerprint density at radius 2 is 1.97 bits per heavy atom. The van der Waals surface area contributed by atoms with E-state index >= 15 is 0 Å². The highest BCUT2D eigenvalue weighted by molar-refractivity contribution is 7.80. The summed E-state index contributed by atoms with van der Waals surface area (Å²) >= 11 is 11.9. The molecule has 2 aliphatic heterocycles. The van der Waals surface area contributed by atoms with E-state index in [1.54, 1.807) is 32.2 Å². The number of carbonyl (C=O) groups excluding carboxylic acids is 1. The lowest BCUT2D eigenvalue weighted by molar-refractivity contribution is -0.144. The number of methoxy groups -OCH3 is 1. The molecule has 0 spiro atoms. The van der Waals surface area contributed by atoms with Crippen molar-refractivity contribution >= 4 is 40.5 Å². The lowest BCUT2D eigenvalue weighted by atomic mass is 9.78. The van der Waals surface area contributed by atoms with E-state index in [2.05, 4.69) is 5.32 Å². The molecule has 6 nitrogen and oxygen atoms in total. The molecule has 3 atom stereocenters. The first-order valence-electron chi connectivity index (χ1n) is 9.20. The van der Waals surface area contributed by atoms with Crippen molar-refractivity contribution in [3.8, 4) is 11.5 Å². The number of carbonyl (C=O) groups is 1. The number of hydrogen-bond acceptors (Lipinski definition) is 4. The number of hydrogen-bond donors (Lipinski definition) is 1. The average Bonchev–Trinajstić information content (AvgIpc) is 2.68. The third kappa shape index (κ3) is 3.09. The molecule has 29 heavy (non-hydrogen) atoms. The van der Waals surface area contributed by atoms with Crippen molar-refractivity contribution in [2.24, 2.45) is 5.92 Å². The van der Waals surface area contributed by atoms with Crippen LogP contribution in [0.15, 0.2) is 42.5 Å².